The summed E-state index contributed by atoms with van der Waals surface area (Å²) in [5.74, 6) is -0.413. The van der Waals surface area contributed by atoms with E-state index in [1.165, 1.54) is 17.4 Å². The van der Waals surface area contributed by atoms with Crippen LogP contribution in [0.4, 0.5) is 0 Å². The smallest absolute Gasteiger partial charge is 0.282 e. The molecule has 0 radical (unpaired) electrons. The van der Waals surface area contributed by atoms with Crippen LogP contribution in [0.5, 0.6) is 0 Å². The molecule has 0 aliphatic carbocycles. The number of aryl methyl sites for hydroxylation is 2. The standard InChI is InChI=1S/C14H9Cl3N2OS2/c1-6-3-4-8(15)11-10(6)19(2)14(22-11)18-13(20)7-5-9(16)21-12(7)17/h3-5H,1-2H3. The van der Waals surface area contributed by atoms with E-state index < -0.39 is 5.91 Å². The van der Waals surface area contributed by atoms with Gasteiger partial charge < -0.3 is 4.57 Å². The zero-order valence-electron chi connectivity index (χ0n) is 11.5. The van der Waals surface area contributed by atoms with Crippen molar-refractivity contribution in [3.8, 4) is 0 Å². The molecule has 0 atom stereocenters. The van der Waals surface area contributed by atoms with Crippen LogP contribution in [-0.2, 0) is 7.05 Å². The second kappa shape index (κ2) is 5.98. The summed E-state index contributed by atoms with van der Waals surface area (Å²) in [4.78, 5) is 17.0. The molecule has 1 aromatic carbocycles. The predicted octanol–water partition coefficient (Wildman–Crippen LogP) is 5.31. The van der Waals surface area contributed by atoms with Crippen LogP contribution in [0, 0.1) is 6.92 Å². The lowest BCUT2D eigenvalue weighted by molar-refractivity contribution is 0.0998. The number of fused-ring (bicyclic) bond motifs is 1. The molecule has 3 rings (SSSR count). The largest absolute Gasteiger partial charge is 0.319 e. The lowest BCUT2D eigenvalue weighted by Crippen LogP contribution is -2.13. The van der Waals surface area contributed by atoms with Gasteiger partial charge in [0.15, 0.2) is 4.80 Å². The average Bonchev–Trinajstić information content (AvgIpc) is 2.96. The molecule has 0 aliphatic rings. The molecule has 3 aromatic rings. The molecule has 0 saturated carbocycles. The first kappa shape index (κ1) is 16.0. The molecule has 8 heteroatoms. The fourth-order valence-electron chi connectivity index (χ4n) is 2.15. The van der Waals surface area contributed by atoms with E-state index in [1.54, 1.807) is 0 Å². The number of thiazole rings is 1. The van der Waals surface area contributed by atoms with Crippen molar-refractivity contribution >= 4 is 73.6 Å². The van der Waals surface area contributed by atoms with E-state index >= 15 is 0 Å². The summed E-state index contributed by atoms with van der Waals surface area (Å²) >= 11 is 20.6. The van der Waals surface area contributed by atoms with Gasteiger partial charge in [-0.05, 0) is 24.6 Å². The van der Waals surface area contributed by atoms with Gasteiger partial charge in [-0.15, -0.1) is 11.3 Å². The molecule has 0 N–H and O–H groups in total. The zero-order chi connectivity index (χ0) is 16.0. The summed E-state index contributed by atoms with van der Waals surface area (Å²) in [6.45, 7) is 1.99. The van der Waals surface area contributed by atoms with Crippen molar-refractivity contribution in [2.75, 3.05) is 0 Å². The van der Waals surface area contributed by atoms with Crippen LogP contribution in [-0.4, -0.2) is 10.5 Å². The summed E-state index contributed by atoms with van der Waals surface area (Å²) in [6, 6.07) is 5.32. The molecule has 3 nitrogen and oxygen atoms in total. The molecule has 2 heterocycles. The van der Waals surface area contributed by atoms with E-state index in [0.29, 0.717) is 24.1 Å². The Morgan fingerprint density at radius 3 is 2.55 bits per heavy atom. The van der Waals surface area contributed by atoms with Gasteiger partial charge in [0.2, 0.25) is 0 Å². The minimum absolute atomic E-state index is 0.317. The highest BCUT2D eigenvalue weighted by atomic mass is 35.5. The number of hydrogen-bond donors (Lipinski definition) is 0. The number of amides is 1. The molecular weight excluding hydrogens is 383 g/mol. The minimum atomic E-state index is -0.413. The van der Waals surface area contributed by atoms with E-state index in [9.17, 15) is 4.79 Å². The molecule has 0 spiro atoms. The highest BCUT2D eigenvalue weighted by Crippen LogP contribution is 2.32. The van der Waals surface area contributed by atoms with Gasteiger partial charge >= 0.3 is 0 Å². The SMILES string of the molecule is Cc1ccc(Cl)c2sc(=NC(=O)c3cc(Cl)sc3Cl)n(C)c12. The molecule has 2 aromatic heterocycles. The Morgan fingerprint density at radius 1 is 1.23 bits per heavy atom. The maximum Gasteiger partial charge on any atom is 0.282 e. The van der Waals surface area contributed by atoms with Gasteiger partial charge in [0.25, 0.3) is 5.91 Å². The number of carbonyl (C=O) groups is 1. The molecule has 0 aliphatic heterocycles. The highest BCUT2D eigenvalue weighted by molar-refractivity contribution is 7.20. The maximum atomic E-state index is 12.3. The number of carbonyl (C=O) groups excluding carboxylic acids is 1. The van der Waals surface area contributed by atoms with Gasteiger partial charge in [0.1, 0.15) is 4.34 Å². The van der Waals surface area contributed by atoms with Crippen molar-refractivity contribution < 1.29 is 4.79 Å². The van der Waals surface area contributed by atoms with Crippen molar-refractivity contribution in [2.45, 2.75) is 6.92 Å². The van der Waals surface area contributed by atoms with Crippen molar-refractivity contribution in [3.63, 3.8) is 0 Å². The van der Waals surface area contributed by atoms with Crippen molar-refractivity contribution in [3.05, 3.63) is 47.8 Å². The van der Waals surface area contributed by atoms with Crippen LogP contribution in [0.1, 0.15) is 15.9 Å². The molecule has 0 saturated heterocycles. The second-order valence-corrected chi connectivity index (χ2v) is 8.31. The van der Waals surface area contributed by atoms with E-state index in [0.717, 1.165) is 27.1 Å². The van der Waals surface area contributed by atoms with Crippen LogP contribution in [0.2, 0.25) is 13.7 Å². The number of nitrogens with zero attached hydrogens (tertiary/aromatic N) is 2. The first-order valence-electron chi connectivity index (χ1n) is 6.17. The summed E-state index contributed by atoms with van der Waals surface area (Å²) in [7, 11) is 1.86. The second-order valence-electron chi connectivity index (χ2n) is 4.64. The lowest BCUT2D eigenvalue weighted by Gasteiger charge is -2.00. The molecule has 22 heavy (non-hydrogen) atoms. The number of thiophene rings is 1. The number of benzene rings is 1. The Kier molecular flexibility index (Phi) is 4.36. The molecular formula is C14H9Cl3N2OS2. The van der Waals surface area contributed by atoms with E-state index in [2.05, 4.69) is 4.99 Å². The third-order valence-corrected chi connectivity index (χ3v) is 6.26. The van der Waals surface area contributed by atoms with Crippen LogP contribution < -0.4 is 4.80 Å². The minimum Gasteiger partial charge on any atom is -0.319 e. The van der Waals surface area contributed by atoms with E-state index in [1.807, 2.05) is 30.7 Å². The maximum absolute atomic E-state index is 12.3. The summed E-state index contributed by atoms with van der Waals surface area (Å²) in [5.41, 5.74) is 2.36. The Hall–Kier alpha value is -0.850. The van der Waals surface area contributed by atoms with E-state index in [4.69, 9.17) is 34.8 Å². The Bertz CT molecular complexity index is 969. The van der Waals surface area contributed by atoms with Crippen LogP contribution in [0.15, 0.2) is 23.2 Å². The lowest BCUT2D eigenvalue weighted by atomic mass is 10.2. The molecule has 114 valence electrons. The van der Waals surface area contributed by atoms with Gasteiger partial charge in [-0.25, -0.2) is 0 Å². The first-order chi connectivity index (χ1) is 10.4. The molecule has 0 bridgehead atoms. The number of halogens is 3. The topological polar surface area (TPSA) is 34.4 Å². The summed E-state index contributed by atoms with van der Waals surface area (Å²) in [6.07, 6.45) is 0. The Morgan fingerprint density at radius 2 is 1.95 bits per heavy atom. The third-order valence-electron chi connectivity index (χ3n) is 3.19. The van der Waals surface area contributed by atoms with Crippen LogP contribution >= 0.6 is 57.5 Å². The van der Waals surface area contributed by atoms with Gasteiger partial charge in [-0.1, -0.05) is 52.2 Å². The number of rotatable bonds is 1. The summed E-state index contributed by atoms with van der Waals surface area (Å²) < 4.78 is 3.58. The average molecular weight is 392 g/mol. The van der Waals surface area contributed by atoms with Gasteiger partial charge in [-0.2, -0.15) is 4.99 Å². The Balaban J connectivity index is 2.20. The fraction of sp³-hybridized carbons (Fsp3) is 0.143. The normalized spacial score (nSPS) is 12.3. The fourth-order valence-corrected chi connectivity index (χ4v) is 4.96. The Labute approximate surface area is 149 Å². The summed E-state index contributed by atoms with van der Waals surface area (Å²) in [5, 5.41) is 0.645. The predicted molar refractivity (Wildman–Crippen MR) is 94.8 cm³/mol. The zero-order valence-corrected chi connectivity index (χ0v) is 15.4. The number of hydrogen-bond acceptors (Lipinski definition) is 3. The van der Waals surface area contributed by atoms with Gasteiger partial charge in [-0.3, -0.25) is 4.79 Å². The monoisotopic (exact) mass is 390 g/mol. The quantitative estimate of drug-likeness (QED) is 0.553. The van der Waals surface area contributed by atoms with Crippen LogP contribution in [0.3, 0.4) is 0 Å². The first-order valence-corrected chi connectivity index (χ1v) is 8.93. The van der Waals surface area contributed by atoms with E-state index in [-0.39, 0.29) is 0 Å². The highest BCUT2D eigenvalue weighted by Gasteiger charge is 2.15. The van der Waals surface area contributed by atoms with Gasteiger partial charge in [0.05, 0.1) is 25.1 Å². The molecule has 0 fully saturated rings. The molecule has 1 amide bonds. The van der Waals surface area contributed by atoms with Crippen molar-refractivity contribution in [1.82, 2.24) is 4.57 Å². The molecule has 0 unspecified atom stereocenters. The van der Waals surface area contributed by atoms with Crippen LogP contribution in [0.25, 0.3) is 10.2 Å². The van der Waals surface area contributed by atoms with Crippen molar-refractivity contribution in [2.24, 2.45) is 12.0 Å². The van der Waals surface area contributed by atoms with Gasteiger partial charge in [0, 0.05) is 7.05 Å². The van der Waals surface area contributed by atoms with Crippen molar-refractivity contribution in [1.29, 1.82) is 0 Å². The number of aromatic nitrogens is 1. The third kappa shape index (κ3) is 2.72.